The summed E-state index contributed by atoms with van der Waals surface area (Å²) in [5, 5.41) is 10.5. The van der Waals surface area contributed by atoms with Crippen LogP contribution in [0.5, 0.6) is 11.5 Å². The van der Waals surface area contributed by atoms with Gasteiger partial charge in [-0.2, -0.15) is 0 Å². The molecule has 1 unspecified atom stereocenters. The van der Waals surface area contributed by atoms with Crippen molar-refractivity contribution >= 4 is 0 Å². The lowest BCUT2D eigenvalue weighted by atomic mass is 10.1. The van der Waals surface area contributed by atoms with E-state index in [0.29, 0.717) is 11.5 Å². The van der Waals surface area contributed by atoms with E-state index < -0.39 is 6.10 Å². The molecule has 2 aromatic rings. The van der Waals surface area contributed by atoms with Gasteiger partial charge in [0.1, 0.15) is 6.10 Å². The van der Waals surface area contributed by atoms with Crippen LogP contribution in [-0.2, 0) is 0 Å². The van der Waals surface area contributed by atoms with E-state index >= 15 is 0 Å². The van der Waals surface area contributed by atoms with Gasteiger partial charge in [0.15, 0.2) is 11.5 Å². The number of aliphatic hydroxyl groups excluding tert-OH is 1. The molecule has 0 amide bonds. The molecule has 0 radical (unpaired) electrons. The van der Waals surface area contributed by atoms with E-state index in [1.54, 1.807) is 20.4 Å². The number of aryl methyl sites for hydroxylation is 1. The van der Waals surface area contributed by atoms with Crippen molar-refractivity contribution in [3.8, 4) is 22.8 Å². The number of aliphatic hydroxyl groups is 1. The Hall–Kier alpha value is -2.07. The maximum absolute atomic E-state index is 10.5. The van der Waals surface area contributed by atoms with E-state index in [2.05, 4.69) is 4.98 Å². The minimum atomic E-state index is -0.654. The molecule has 0 fully saturated rings. The van der Waals surface area contributed by atoms with Crippen molar-refractivity contribution in [3.05, 3.63) is 41.1 Å². The predicted molar refractivity (Wildman–Crippen MR) is 71.6 cm³/mol. The minimum absolute atomic E-state index is 0.621. The van der Waals surface area contributed by atoms with Gasteiger partial charge in [-0.1, -0.05) is 6.07 Å². The van der Waals surface area contributed by atoms with Crippen LogP contribution in [0.4, 0.5) is 0 Å². The van der Waals surface area contributed by atoms with Crippen molar-refractivity contribution in [2.75, 3.05) is 14.2 Å². The van der Waals surface area contributed by atoms with Crippen LogP contribution in [0.3, 0.4) is 0 Å². The first-order valence-electron chi connectivity index (χ1n) is 6.07. The van der Waals surface area contributed by atoms with E-state index in [1.807, 2.05) is 25.1 Å². The van der Waals surface area contributed by atoms with Gasteiger partial charge in [0.2, 0.25) is 0 Å². The second-order valence-corrected chi connectivity index (χ2v) is 4.56. The first-order valence-corrected chi connectivity index (χ1v) is 6.07. The fraction of sp³-hybridized carbons (Fsp3) is 0.267. The molecule has 98 valence electrons. The van der Waals surface area contributed by atoms with Crippen LogP contribution in [0.2, 0.25) is 0 Å². The van der Waals surface area contributed by atoms with Gasteiger partial charge in [-0.25, -0.2) is 0 Å². The first-order chi connectivity index (χ1) is 9.19. The Balaban J connectivity index is 2.36. The molecule has 0 spiro atoms. The summed E-state index contributed by atoms with van der Waals surface area (Å²) in [6.45, 7) is 1.97. The van der Waals surface area contributed by atoms with Gasteiger partial charge >= 0.3 is 0 Å². The molecule has 1 aliphatic carbocycles. The van der Waals surface area contributed by atoms with Crippen molar-refractivity contribution in [2.45, 2.75) is 13.0 Å². The molecular weight excluding hydrogens is 242 g/mol. The molecule has 0 bridgehead atoms. The molecule has 1 N–H and O–H groups in total. The number of hydrogen-bond donors (Lipinski definition) is 1. The van der Waals surface area contributed by atoms with Crippen molar-refractivity contribution in [3.63, 3.8) is 0 Å². The smallest absolute Gasteiger partial charge is 0.170 e. The highest BCUT2D eigenvalue weighted by Crippen LogP contribution is 2.50. The Bertz CT molecular complexity index is 652. The lowest BCUT2D eigenvalue weighted by Gasteiger charge is -2.12. The lowest BCUT2D eigenvalue weighted by molar-refractivity contribution is 0.224. The summed E-state index contributed by atoms with van der Waals surface area (Å²) >= 11 is 0. The van der Waals surface area contributed by atoms with Crippen molar-refractivity contribution in [1.29, 1.82) is 0 Å². The van der Waals surface area contributed by atoms with Crippen LogP contribution < -0.4 is 9.47 Å². The third-order valence-electron chi connectivity index (χ3n) is 3.59. The number of nitrogens with zero attached hydrogens (tertiary/aromatic N) is 1. The van der Waals surface area contributed by atoms with E-state index in [4.69, 9.17) is 9.47 Å². The van der Waals surface area contributed by atoms with Crippen LogP contribution in [0.25, 0.3) is 11.3 Å². The summed E-state index contributed by atoms with van der Waals surface area (Å²) in [6, 6.07) is 5.57. The summed E-state index contributed by atoms with van der Waals surface area (Å²) in [5.41, 5.74) is 4.29. The van der Waals surface area contributed by atoms with Crippen molar-refractivity contribution in [2.24, 2.45) is 0 Å². The number of pyridine rings is 1. The molecule has 0 saturated heterocycles. The fourth-order valence-electron chi connectivity index (χ4n) is 2.68. The Morgan fingerprint density at radius 2 is 1.95 bits per heavy atom. The lowest BCUT2D eigenvalue weighted by Crippen LogP contribution is -1.97. The Morgan fingerprint density at radius 3 is 2.63 bits per heavy atom. The number of hydrogen-bond acceptors (Lipinski definition) is 4. The quantitative estimate of drug-likeness (QED) is 0.898. The summed E-state index contributed by atoms with van der Waals surface area (Å²) in [7, 11) is 3.19. The number of benzene rings is 1. The zero-order valence-electron chi connectivity index (χ0n) is 11.1. The Labute approximate surface area is 111 Å². The molecule has 3 rings (SSSR count). The molecule has 19 heavy (non-hydrogen) atoms. The topological polar surface area (TPSA) is 51.6 Å². The Morgan fingerprint density at radius 1 is 1.16 bits per heavy atom. The summed E-state index contributed by atoms with van der Waals surface area (Å²) in [6.07, 6.45) is 1.09. The molecule has 0 aliphatic heterocycles. The normalized spacial score (nSPS) is 15.9. The maximum Gasteiger partial charge on any atom is 0.170 e. The second kappa shape index (κ2) is 4.24. The van der Waals surface area contributed by atoms with Crippen molar-refractivity contribution in [1.82, 2.24) is 4.98 Å². The van der Waals surface area contributed by atoms with Crippen LogP contribution in [-0.4, -0.2) is 24.3 Å². The van der Waals surface area contributed by atoms with Gasteiger partial charge < -0.3 is 14.6 Å². The number of ether oxygens (including phenoxy) is 2. The number of rotatable bonds is 2. The first kappa shape index (κ1) is 12.0. The van der Waals surface area contributed by atoms with E-state index in [1.165, 1.54) is 0 Å². The van der Waals surface area contributed by atoms with Crippen LogP contribution in [0.1, 0.15) is 22.8 Å². The standard InChI is InChI=1S/C15H15NO3/c1-8-6-7-16-13-11(8)14(17)9-4-5-10(18-2)15(19-3)12(9)13/h4-7,14,17H,1-3H3. The van der Waals surface area contributed by atoms with Crippen LogP contribution in [0, 0.1) is 6.92 Å². The molecule has 1 atom stereocenters. The zero-order valence-corrected chi connectivity index (χ0v) is 11.1. The van der Waals surface area contributed by atoms with Crippen molar-refractivity contribution < 1.29 is 14.6 Å². The molecule has 1 aliphatic rings. The van der Waals surface area contributed by atoms with Gasteiger partial charge in [-0.3, -0.25) is 4.98 Å². The average Bonchev–Trinajstić information content (AvgIpc) is 2.72. The number of fused-ring (bicyclic) bond motifs is 3. The SMILES string of the molecule is COc1ccc2c(c1OC)-c1nccc(C)c1C2O. The number of aromatic nitrogens is 1. The maximum atomic E-state index is 10.5. The van der Waals surface area contributed by atoms with Gasteiger partial charge in [-0.15, -0.1) is 0 Å². The predicted octanol–water partition coefficient (Wildman–Crippen LogP) is 2.47. The Kier molecular flexibility index (Phi) is 2.68. The zero-order chi connectivity index (χ0) is 13.6. The highest BCUT2D eigenvalue weighted by molar-refractivity contribution is 5.83. The van der Waals surface area contributed by atoms with Crippen LogP contribution >= 0.6 is 0 Å². The summed E-state index contributed by atoms with van der Waals surface area (Å²) in [5.74, 6) is 1.26. The van der Waals surface area contributed by atoms with Gasteiger partial charge in [0.25, 0.3) is 0 Å². The third kappa shape index (κ3) is 1.53. The van der Waals surface area contributed by atoms with Crippen LogP contribution in [0.15, 0.2) is 24.4 Å². The molecule has 1 heterocycles. The summed E-state index contributed by atoms with van der Waals surface area (Å²) < 4.78 is 10.8. The second-order valence-electron chi connectivity index (χ2n) is 4.56. The number of methoxy groups -OCH3 is 2. The van der Waals surface area contributed by atoms with Gasteiger partial charge in [-0.05, 0) is 30.2 Å². The van der Waals surface area contributed by atoms with E-state index in [-0.39, 0.29) is 0 Å². The monoisotopic (exact) mass is 257 g/mol. The molecule has 4 heteroatoms. The van der Waals surface area contributed by atoms with Gasteiger partial charge in [0, 0.05) is 11.8 Å². The highest BCUT2D eigenvalue weighted by Gasteiger charge is 2.33. The minimum Gasteiger partial charge on any atom is -0.493 e. The fourth-order valence-corrected chi connectivity index (χ4v) is 2.68. The highest BCUT2D eigenvalue weighted by atomic mass is 16.5. The molecule has 4 nitrogen and oxygen atoms in total. The van der Waals surface area contributed by atoms with Gasteiger partial charge in [0.05, 0.1) is 25.5 Å². The van der Waals surface area contributed by atoms with E-state index in [9.17, 15) is 5.11 Å². The molecular formula is C15H15NO3. The average molecular weight is 257 g/mol. The van der Waals surface area contributed by atoms with E-state index in [0.717, 1.165) is 27.9 Å². The molecule has 0 saturated carbocycles. The summed E-state index contributed by atoms with van der Waals surface area (Å²) in [4.78, 5) is 4.40. The largest absolute Gasteiger partial charge is 0.493 e. The third-order valence-corrected chi connectivity index (χ3v) is 3.59. The molecule has 1 aromatic carbocycles. The molecule has 1 aromatic heterocycles.